The van der Waals surface area contributed by atoms with E-state index in [1.165, 1.54) is 36.4 Å². The summed E-state index contributed by atoms with van der Waals surface area (Å²) < 4.78 is 0. The molecule has 0 aliphatic carbocycles. The van der Waals surface area contributed by atoms with Gasteiger partial charge in [0.05, 0.1) is 11.9 Å². The Bertz CT molecular complexity index is 574. The first-order valence-corrected chi connectivity index (χ1v) is 5.42. The normalized spacial score (nSPS) is 8.00. The van der Waals surface area contributed by atoms with E-state index in [1.807, 2.05) is 0 Å². The number of carboxylic acids is 2. The molecule has 0 spiro atoms. The van der Waals surface area contributed by atoms with Crippen molar-refractivity contribution in [2.45, 2.75) is 0 Å². The van der Waals surface area contributed by atoms with E-state index in [9.17, 15) is 19.8 Å². The summed E-state index contributed by atoms with van der Waals surface area (Å²) >= 11 is 0. The minimum absolute atomic E-state index is 0. The number of benzene rings is 2. The first-order valence-electron chi connectivity index (χ1n) is 5.42. The quantitative estimate of drug-likeness (QED) is 0.526. The maximum absolute atomic E-state index is 10.2. The van der Waals surface area contributed by atoms with Crippen LogP contribution in [0.4, 0.5) is 0 Å². The molecule has 9 heteroatoms. The van der Waals surface area contributed by atoms with Crippen LogP contribution >= 0.6 is 0 Å². The third-order valence-corrected chi connectivity index (χ3v) is 2.25. The number of aromatic carboxylic acids is 2. The Balaban J connectivity index is -0.000000308. The Hall–Kier alpha value is -1.62. The topological polar surface area (TPSA) is 184 Å². The van der Waals surface area contributed by atoms with Crippen LogP contribution in [0.2, 0.25) is 0 Å². The number of phenols is 2. The molecule has 0 saturated carbocycles. The van der Waals surface area contributed by atoms with Crippen molar-refractivity contribution in [2.75, 3.05) is 0 Å². The molecule has 2 aromatic rings. The van der Waals surface area contributed by atoms with Gasteiger partial charge in [0.25, 0.3) is 0 Å². The number of para-hydroxylation sites is 2. The van der Waals surface area contributed by atoms with Gasteiger partial charge in [0, 0.05) is 11.1 Å². The van der Waals surface area contributed by atoms with Crippen LogP contribution in [0.15, 0.2) is 48.5 Å². The summed E-state index contributed by atoms with van der Waals surface area (Å²) in [5.41, 5.74) is -0.356. The van der Waals surface area contributed by atoms with Gasteiger partial charge < -0.3 is 41.0 Å². The predicted molar refractivity (Wildman–Crippen MR) is 77.9 cm³/mol. The molecule has 0 heterocycles. The average molecular weight is 398 g/mol. The van der Waals surface area contributed by atoms with Crippen LogP contribution < -0.4 is 10.2 Å². The van der Waals surface area contributed by atoms with Crippen molar-refractivity contribution in [3.63, 3.8) is 0 Å². The fourth-order valence-electron chi connectivity index (χ4n) is 1.29. The summed E-state index contributed by atoms with van der Waals surface area (Å²) in [5.74, 6) is -3.25. The van der Waals surface area contributed by atoms with Crippen molar-refractivity contribution in [3.05, 3.63) is 59.7 Å². The monoisotopic (exact) mass is 398 g/mol. The molecule has 0 radical (unpaired) electrons. The van der Waals surface area contributed by atoms with Gasteiger partial charge in [-0.25, -0.2) is 0 Å². The van der Waals surface area contributed by atoms with E-state index in [0.29, 0.717) is 0 Å². The van der Waals surface area contributed by atoms with Crippen molar-refractivity contribution >= 4 is 57.4 Å². The van der Waals surface area contributed by atoms with Crippen molar-refractivity contribution in [1.29, 1.82) is 0 Å². The van der Waals surface area contributed by atoms with Crippen LogP contribution in [0, 0.1) is 0 Å². The number of hydrogen-bond donors (Lipinski definition) is 2. The van der Waals surface area contributed by atoms with Gasteiger partial charge in [-0.15, -0.1) is 0 Å². The van der Waals surface area contributed by atoms with Gasteiger partial charge in [0.2, 0.25) is 0 Å². The van der Waals surface area contributed by atoms with Gasteiger partial charge >= 0.3 is 45.5 Å². The van der Waals surface area contributed by atoms with Gasteiger partial charge in [-0.3, -0.25) is 0 Å². The number of rotatable bonds is 2. The molecule has 2 aromatic carbocycles. The molecule has 120 valence electrons. The van der Waals surface area contributed by atoms with Gasteiger partial charge in [-0.05, 0) is 24.3 Å². The average Bonchev–Trinajstić information content (AvgIpc) is 2.40. The minimum atomic E-state index is -1.36. The first kappa shape index (κ1) is 26.3. The van der Waals surface area contributed by atoms with Gasteiger partial charge in [0.15, 0.2) is 0 Å². The molecule has 0 amide bonds. The predicted octanol–water partition coefficient (Wildman–Crippen LogP) is -2.52. The molecule has 0 unspecified atom stereocenters. The molecule has 0 aliphatic heterocycles. The van der Waals surface area contributed by atoms with Crippen LogP contribution in [-0.2, 0) is 0 Å². The summed E-state index contributed by atoms with van der Waals surface area (Å²) in [6.07, 6.45) is 0. The SMILES string of the molecule is O.O.O=C([O-])c1ccccc1O.O=C([O-])c1ccccc1O.[Sr+2]. The summed E-state index contributed by atoms with van der Waals surface area (Å²) in [4.78, 5) is 20.3. The smallest absolute Gasteiger partial charge is 0.545 e. The molecule has 0 fully saturated rings. The molecule has 0 saturated heterocycles. The summed E-state index contributed by atoms with van der Waals surface area (Å²) in [5, 5.41) is 38.0. The van der Waals surface area contributed by atoms with E-state index in [4.69, 9.17) is 10.2 Å². The fourth-order valence-corrected chi connectivity index (χ4v) is 1.29. The van der Waals surface area contributed by atoms with Crippen LogP contribution in [0.5, 0.6) is 11.5 Å². The zero-order valence-electron chi connectivity index (χ0n) is 11.9. The van der Waals surface area contributed by atoms with Crippen LogP contribution in [0.3, 0.4) is 0 Å². The second-order valence-corrected chi connectivity index (χ2v) is 3.61. The minimum Gasteiger partial charge on any atom is -0.545 e. The summed E-state index contributed by atoms with van der Waals surface area (Å²) in [7, 11) is 0. The van der Waals surface area contributed by atoms with Crippen LogP contribution in [0.25, 0.3) is 0 Å². The van der Waals surface area contributed by atoms with E-state index in [2.05, 4.69) is 0 Å². The standard InChI is InChI=1S/2C7H6O3.2H2O.Sr/c2*8-6-4-2-1-3-5(6)7(9)10;;;/h2*1-4,8H,(H,9,10);2*1H2;/q;;;;+2/p-2. The number of hydrogen-bond acceptors (Lipinski definition) is 6. The molecular formula is C14H14O8Sr. The van der Waals surface area contributed by atoms with Crippen LogP contribution in [-0.4, -0.2) is 78.6 Å². The zero-order valence-corrected chi connectivity index (χ0v) is 15.3. The molecule has 0 atom stereocenters. The fraction of sp³-hybridized carbons (Fsp3) is 0. The van der Waals surface area contributed by atoms with Crippen molar-refractivity contribution < 1.29 is 41.0 Å². The van der Waals surface area contributed by atoms with E-state index in [-0.39, 0.29) is 79.1 Å². The third-order valence-electron chi connectivity index (χ3n) is 2.25. The summed E-state index contributed by atoms with van der Waals surface area (Å²) in [6, 6.07) is 11.3. The largest absolute Gasteiger partial charge is 2.00 e. The molecule has 2 rings (SSSR count). The Morgan fingerprint density at radius 3 is 1.13 bits per heavy atom. The van der Waals surface area contributed by atoms with E-state index in [1.54, 1.807) is 12.1 Å². The summed E-state index contributed by atoms with van der Waals surface area (Å²) in [6.45, 7) is 0. The number of aromatic hydroxyl groups is 2. The molecule has 0 aromatic heterocycles. The van der Waals surface area contributed by atoms with Crippen molar-refractivity contribution in [1.82, 2.24) is 0 Å². The zero-order chi connectivity index (χ0) is 15.1. The van der Waals surface area contributed by atoms with Gasteiger partial charge in [0.1, 0.15) is 11.5 Å². The molecule has 8 nitrogen and oxygen atoms in total. The van der Waals surface area contributed by atoms with E-state index >= 15 is 0 Å². The Morgan fingerprint density at radius 1 is 0.696 bits per heavy atom. The van der Waals surface area contributed by atoms with E-state index < -0.39 is 11.9 Å². The second-order valence-electron chi connectivity index (χ2n) is 3.61. The van der Waals surface area contributed by atoms with Crippen molar-refractivity contribution in [3.8, 4) is 11.5 Å². The number of carbonyl (C=O) groups is 2. The first-order chi connectivity index (χ1) is 9.43. The Labute approximate surface area is 168 Å². The maximum atomic E-state index is 10.2. The third kappa shape index (κ3) is 8.55. The molecule has 0 bridgehead atoms. The van der Waals surface area contributed by atoms with E-state index in [0.717, 1.165) is 0 Å². The Kier molecular flexibility index (Phi) is 14.7. The number of carbonyl (C=O) groups excluding carboxylic acids is 2. The van der Waals surface area contributed by atoms with Gasteiger partial charge in [-0.2, -0.15) is 0 Å². The molecule has 0 aliphatic rings. The van der Waals surface area contributed by atoms with Gasteiger partial charge in [-0.1, -0.05) is 24.3 Å². The van der Waals surface area contributed by atoms with Crippen LogP contribution in [0.1, 0.15) is 20.7 Å². The Morgan fingerprint density at radius 2 is 0.957 bits per heavy atom. The second kappa shape index (κ2) is 12.9. The maximum Gasteiger partial charge on any atom is 2.00 e. The number of carboxylic acid groups (broad SMARTS) is 2. The van der Waals surface area contributed by atoms with Crippen molar-refractivity contribution in [2.24, 2.45) is 0 Å². The molecule has 23 heavy (non-hydrogen) atoms. The molecular weight excluding hydrogens is 384 g/mol. The molecule has 6 N–H and O–H groups in total.